The number of carbonyl (C=O) groups is 2. The topological polar surface area (TPSA) is 75.6 Å². The van der Waals surface area contributed by atoms with Crippen LogP contribution in [-0.4, -0.2) is 29.6 Å². The molecule has 1 saturated carbocycles. The van der Waals surface area contributed by atoms with Crippen molar-refractivity contribution in [2.24, 2.45) is 5.92 Å². The molecule has 1 atom stereocenters. The van der Waals surface area contributed by atoms with Crippen molar-refractivity contribution < 1.29 is 19.4 Å². The van der Waals surface area contributed by atoms with Gasteiger partial charge in [-0.1, -0.05) is 11.6 Å². The zero-order valence-corrected chi connectivity index (χ0v) is 12.5. The first-order valence-electron chi connectivity index (χ1n) is 6.86. The second-order valence-corrected chi connectivity index (χ2v) is 5.74. The summed E-state index contributed by atoms with van der Waals surface area (Å²) in [5.74, 6) is -0.331. The van der Waals surface area contributed by atoms with Crippen molar-refractivity contribution in [2.45, 2.75) is 32.2 Å². The fourth-order valence-corrected chi connectivity index (χ4v) is 2.42. The summed E-state index contributed by atoms with van der Waals surface area (Å²) >= 11 is 5.85. The van der Waals surface area contributed by atoms with Gasteiger partial charge in [-0.25, -0.2) is 0 Å². The molecule has 114 valence electrons. The Balaban J connectivity index is 1.84. The fourth-order valence-electron chi connectivity index (χ4n) is 2.19. The van der Waals surface area contributed by atoms with Gasteiger partial charge in [0.2, 0.25) is 0 Å². The lowest BCUT2D eigenvalue weighted by Crippen LogP contribution is -2.40. The Labute approximate surface area is 128 Å². The van der Waals surface area contributed by atoms with E-state index in [1.54, 1.807) is 18.2 Å². The van der Waals surface area contributed by atoms with E-state index in [1.165, 1.54) is 0 Å². The Morgan fingerprint density at radius 1 is 1.48 bits per heavy atom. The quantitative estimate of drug-likeness (QED) is 0.810. The highest BCUT2D eigenvalue weighted by molar-refractivity contribution is 6.30. The van der Waals surface area contributed by atoms with Crippen molar-refractivity contribution in [3.63, 3.8) is 0 Å². The minimum Gasteiger partial charge on any atom is -0.484 e. The van der Waals surface area contributed by atoms with E-state index in [0.29, 0.717) is 10.8 Å². The molecule has 1 amide bonds. The number of ether oxygens (including phenoxy) is 1. The first kappa shape index (κ1) is 15.6. The molecule has 2 N–H and O–H groups in total. The number of carboxylic acid groups (broad SMARTS) is 1. The molecule has 2 rings (SSSR count). The molecule has 1 fully saturated rings. The lowest BCUT2D eigenvalue weighted by atomic mass is 10.1. The average Bonchev–Trinajstić information content (AvgIpc) is 3.20. The van der Waals surface area contributed by atoms with Gasteiger partial charge in [-0.05, 0) is 49.4 Å². The van der Waals surface area contributed by atoms with Crippen LogP contribution in [0, 0.1) is 12.8 Å². The summed E-state index contributed by atoms with van der Waals surface area (Å²) in [7, 11) is 0. The normalized spacial score (nSPS) is 15.3. The molecule has 1 aromatic rings. The Morgan fingerprint density at radius 2 is 2.19 bits per heavy atom. The zero-order chi connectivity index (χ0) is 15.4. The molecular weight excluding hydrogens is 294 g/mol. The molecule has 1 unspecified atom stereocenters. The highest BCUT2D eigenvalue weighted by Crippen LogP contribution is 2.34. The number of aryl methyl sites for hydroxylation is 1. The van der Waals surface area contributed by atoms with Gasteiger partial charge in [-0.2, -0.15) is 0 Å². The number of halogens is 1. The molecule has 21 heavy (non-hydrogen) atoms. The number of hydrogen-bond donors (Lipinski definition) is 2. The van der Waals surface area contributed by atoms with Crippen molar-refractivity contribution in [1.29, 1.82) is 0 Å². The second kappa shape index (κ2) is 6.80. The van der Waals surface area contributed by atoms with Crippen molar-refractivity contribution in [3.8, 4) is 5.75 Å². The van der Waals surface area contributed by atoms with Gasteiger partial charge < -0.3 is 15.2 Å². The molecule has 5 nitrogen and oxygen atoms in total. The molecule has 0 heterocycles. The summed E-state index contributed by atoms with van der Waals surface area (Å²) in [4.78, 5) is 22.6. The average molecular weight is 312 g/mol. The Bertz CT molecular complexity index is 542. The Morgan fingerprint density at radius 3 is 2.76 bits per heavy atom. The summed E-state index contributed by atoms with van der Waals surface area (Å²) in [5, 5.41) is 12.2. The molecule has 0 saturated heterocycles. The monoisotopic (exact) mass is 311 g/mol. The lowest BCUT2D eigenvalue weighted by molar-refractivity contribution is -0.138. The van der Waals surface area contributed by atoms with Crippen LogP contribution in [0.15, 0.2) is 18.2 Å². The first-order valence-corrected chi connectivity index (χ1v) is 7.23. The van der Waals surface area contributed by atoms with Crippen molar-refractivity contribution >= 4 is 23.5 Å². The molecule has 0 aliphatic heterocycles. The van der Waals surface area contributed by atoms with Crippen LogP contribution in [0.4, 0.5) is 0 Å². The van der Waals surface area contributed by atoms with Crippen LogP contribution in [-0.2, 0) is 9.59 Å². The summed E-state index contributed by atoms with van der Waals surface area (Å²) in [6, 6.07) is 4.86. The van der Waals surface area contributed by atoms with E-state index in [9.17, 15) is 9.59 Å². The van der Waals surface area contributed by atoms with E-state index in [0.717, 1.165) is 18.4 Å². The molecule has 1 aliphatic rings. The first-order chi connectivity index (χ1) is 9.95. The maximum Gasteiger partial charge on any atom is 0.305 e. The zero-order valence-electron chi connectivity index (χ0n) is 11.8. The highest BCUT2D eigenvalue weighted by Gasteiger charge is 2.33. The minimum atomic E-state index is -0.901. The standard InChI is InChI=1S/C15H18ClNO4/c1-9-6-11(16)4-5-13(9)21-8-14(18)17-12(7-15(19)20)10-2-3-10/h4-6,10,12H,2-3,7-8H2,1H3,(H,17,18)(H,19,20). The van der Waals surface area contributed by atoms with Crippen LogP contribution in [0.5, 0.6) is 5.75 Å². The summed E-state index contributed by atoms with van der Waals surface area (Å²) < 4.78 is 5.44. The van der Waals surface area contributed by atoms with E-state index in [-0.39, 0.29) is 30.9 Å². The Kier molecular flexibility index (Phi) is 5.07. The van der Waals surface area contributed by atoms with Crippen LogP contribution < -0.4 is 10.1 Å². The summed E-state index contributed by atoms with van der Waals surface area (Å²) in [5.41, 5.74) is 0.847. The molecule has 1 aromatic carbocycles. The maximum absolute atomic E-state index is 11.9. The van der Waals surface area contributed by atoms with E-state index in [1.807, 2.05) is 6.92 Å². The third kappa shape index (κ3) is 4.93. The van der Waals surface area contributed by atoms with Gasteiger partial charge in [0.1, 0.15) is 5.75 Å². The van der Waals surface area contributed by atoms with Crippen LogP contribution in [0.25, 0.3) is 0 Å². The largest absolute Gasteiger partial charge is 0.484 e. The van der Waals surface area contributed by atoms with Crippen LogP contribution in [0.3, 0.4) is 0 Å². The van der Waals surface area contributed by atoms with E-state index >= 15 is 0 Å². The van der Waals surface area contributed by atoms with Gasteiger partial charge in [-0.3, -0.25) is 9.59 Å². The number of carbonyl (C=O) groups excluding carboxylic acids is 1. The molecule has 0 bridgehead atoms. The van der Waals surface area contributed by atoms with E-state index in [4.69, 9.17) is 21.4 Å². The van der Waals surface area contributed by atoms with Crippen LogP contribution in [0.1, 0.15) is 24.8 Å². The molecule has 0 radical (unpaired) electrons. The van der Waals surface area contributed by atoms with Gasteiger partial charge in [0.15, 0.2) is 6.61 Å². The number of hydrogen-bond acceptors (Lipinski definition) is 3. The van der Waals surface area contributed by atoms with Crippen molar-refractivity contribution in [1.82, 2.24) is 5.32 Å². The third-order valence-electron chi connectivity index (χ3n) is 3.43. The van der Waals surface area contributed by atoms with Gasteiger partial charge >= 0.3 is 5.97 Å². The third-order valence-corrected chi connectivity index (χ3v) is 3.66. The summed E-state index contributed by atoms with van der Waals surface area (Å²) in [6.45, 7) is 1.71. The number of nitrogens with one attached hydrogen (secondary N) is 1. The molecule has 1 aliphatic carbocycles. The minimum absolute atomic E-state index is 0.0453. The lowest BCUT2D eigenvalue weighted by Gasteiger charge is -2.16. The second-order valence-electron chi connectivity index (χ2n) is 5.31. The molecular formula is C15H18ClNO4. The van der Waals surface area contributed by atoms with Gasteiger partial charge in [0, 0.05) is 11.1 Å². The molecule has 0 spiro atoms. The Hall–Kier alpha value is -1.75. The number of carboxylic acids is 1. The predicted octanol–water partition coefficient (Wildman–Crippen LogP) is 2.40. The number of aliphatic carboxylic acids is 1. The van der Waals surface area contributed by atoms with Crippen molar-refractivity contribution in [2.75, 3.05) is 6.61 Å². The predicted molar refractivity (Wildman–Crippen MR) is 78.6 cm³/mol. The van der Waals surface area contributed by atoms with E-state index < -0.39 is 5.97 Å². The van der Waals surface area contributed by atoms with Gasteiger partial charge in [-0.15, -0.1) is 0 Å². The van der Waals surface area contributed by atoms with Gasteiger partial charge in [0.05, 0.1) is 6.42 Å². The van der Waals surface area contributed by atoms with Crippen molar-refractivity contribution in [3.05, 3.63) is 28.8 Å². The number of benzene rings is 1. The highest BCUT2D eigenvalue weighted by atomic mass is 35.5. The summed E-state index contributed by atoms with van der Waals surface area (Å²) in [6.07, 6.45) is 1.89. The SMILES string of the molecule is Cc1cc(Cl)ccc1OCC(=O)NC(CC(=O)O)C1CC1. The smallest absolute Gasteiger partial charge is 0.305 e. The van der Waals surface area contributed by atoms with Gasteiger partial charge in [0.25, 0.3) is 5.91 Å². The maximum atomic E-state index is 11.9. The molecule has 0 aromatic heterocycles. The van der Waals surface area contributed by atoms with Crippen LogP contribution in [0.2, 0.25) is 5.02 Å². The molecule has 6 heteroatoms. The van der Waals surface area contributed by atoms with E-state index in [2.05, 4.69) is 5.32 Å². The fraction of sp³-hybridized carbons (Fsp3) is 0.467. The number of amides is 1. The van der Waals surface area contributed by atoms with Crippen LogP contribution >= 0.6 is 11.6 Å². The number of rotatable bonds is 7.